The summed E-state index contributed by atoms with van der Waals surface area (Å²) >= 11 is 11.8. The first-order chi connectivity index (χ1) is 12.6. The summed E-state index contributed by atoms with van der Waals surface area (Å²) in [6.45, 7) is 1.05. The zero-order valence-corrected chi connectivity index (χ0v) is 15.0. The van der Waals surface area contributed by atoms with E-state index in [1.807, 2.05) is 12.1 Å². The zero-order valence-electron chi connectivity index (χ0n) is 13.5. The van der Waals surface area contributed by atoms with Crippen LogP contribution in [0.3, 0.4) is 0 Å². The molecule has 1 N–H and O–H groups in total. The molecule has 4 rings (SSSR count). The Morgan fingerprint density at radius 3 is 2.62 bits per heavy atom. The van der Waals surface area contributed by atoms with Crippen LogP contribution < -0.4 is 5.32 Å². The topological polar surface area (TPSA) is 71.3 Å². The average molecular weight is 389 g/mol. The first-order valence-corrected chi connectivity index (χ1v) is 8.75. The number of hydrogen-bond acceptors (Lipinski definition) is 4. The van der Waals surface area contributed by atoms with Crippen molar-refractivity contribution in [2.24, 2.45) is 0 Å². The van der Waals surface area contributed by atoms with E-state index in [0.717, 1.165) is 5.56 Å². The van der Waals surface area contributed by atoms with E-state index in [2.05, 4.69) is 15.5 Å². The van der Waals surface area contributed by atoms with E-state index in [9.17, 15) is 4.79 Å². The second-order valence-corrected chi connectivity index (χ2v) is 6.88. The average Bonchev–Trinajstić information content (AvgIpc) is 3.05. The predicted molar refractivity (Wildman–Crippen MR) is 99.5 cm³/mol. The van der Waals surface area contributed by atoms with Gasteiger partial charge in [-0.15, -0.1) is 0 Å². The number of carbonyl (C=O) groups excluding carboxylic acids is 1. The summed E-state index contributed by atoms with van der Waals surface area (Å²) < 4.78 is 5.35. The highest BCUT2D eigenvalue weighted by Crippen LogP contribution is 2.29. The summed E-state index contributed by atoms with van der Waals surface area (Å²) in [4.78, 5) is 18.3. The summed E-state index contributed by atoms with van der Waals surface area (Å²) in [6, 6.07) is 14.1. The molecule has 1 aliphatic heterocycles. The third kappa shape index (κ3) is 3.52. The van der Waals surface area contributed by atoms with Crippen molar-refractivity contribution in [1.82, 2.24) is 15.0 Å². The molecule has 8 heteroatoms. The number of amides is 2. The second kappa shape index (κ2) is 6.97. The van der Waals surface area contributed by atoms with E-state index in [1.165, 1.54) is 0 Å². The Hall–Kier alpha value is -2.57. The summed E-state index contributed by atoms with van der Waals surface area (Å²) in [5, 5.41) is 8.06. The van der Waals surface area contributed by atoms with Crippen molar-refractivity contribution < 1.29 is 9.32 Å². The fourth-order valence-corrected chi connectivity index (χ4v) is 3.00. The highest BCUT2D eigenvalue weighted by Gasteiger charge is 2.35. The highest BCUT2D eigenvalue weighted by atomic mass is 35.5. The van der Waals surface area contributed by atoms with Crippen LogP contribution in [0.1, 0.15) is 11.8 Å². The molecule has 2 heterocycles. The number of nitrogens with zero attached hydrogens (tertiary/aromatic N) is 3. The Kier molecular flexibility index (Phi) is 4.53. The summed E-state index contributed by atoms with van der Waals surface area (Å²) in [5.41, 5.74) is 1.49. The maximum atomic E-state index is 12.2. The molecule has 0 unspecified atom stereocenters. The van der Waals surface area contributed by atoms with Gasteiger partial charge in [0.05, 0.1) is 5.92 Å². The molecule has 132 valence electrons. The van der Waals surface area contributed by atoms with E-state index in [1.54, 1.807) is 41.3 Å². The third-order valence-corrected chi connectivity index (χ3v) is 4.63. The van der Waals surface area contributed by atoms with Crippen molar-refractivity contribution >= 4 is 34.9 Å². The normalized spacial score (nSPS) is 14.2. The molecule has 1 aliphatic rings. The van der Waals surface area contributed by atoms with Gasteiger partial charge in [-0.05, 0) is 36.4 Å². The number of halogens is 2. The highest BCUT2D eigenvalue weighted by molar-refractivity contribution is 6.31. The van der Waals surface area contributed by atoms with Gasteiger partial charge in [0.2, 0.25) is 11.7 Å². The minimum absolute atomic E-state index is 0.0337. The van der Waals surface area contributed by atoms with Crippen molar-refractivity contribution in [2.75, 3.05) is 18.4 Å². The molecule has 3 aromatic rings. The fraction of sp³-hybridized carbons (Fsp3) is 0.167. The molecular formula is C18H14Cl2N4O2. The number of aromatic nitrogens is 2. The van der Waals surface area contributed by atoms with Crippen LogP contribution in [0.4, 0.5) is 10.5 Å². The summed E-state index contributed by atoms with van der Waals surface area (Å²) in [5.74, 6) is 1.05. The van der Waals surface area contributed by atoms with Gasteiger partial charge in [-0.1, -0.05) is 40.5 Å². The van der Waals surface area contributed by atoms with E-state index >= 15 is 0 Å². The quantitative estimate of drug-likeness (QED) is 0.707. The van der Waals surface area contributed by atoms with Gasteiger partial charge in [0.1, 0.15) is 0 Å². The van der Waals surface area contributed by atoms with Crippen LogP contribution in [-0.4, -0.2) is 34.2 Å². The van der Waals surface area contributed by atoms with Gasteiger partial charge in [-0.25, -0.2) is 4.79 Å². The number of carbonyl (C=O) groups is 1. The van der Waals surface area contributed by atoms with Crippen molar-refractivity contribution in [3.05, 3.63) is 64.5 Å². The molecule has 0 aliphatic carbocycles. The van der Waals surface area contributed by atoms with E-state index in [-0.39, 0.29) is 11.9 Å². The minimum Gasteiger partial charge on any atom is -0.339 e. The largest absolute Gasteiger partial charge is 0.339 e. The van der Waals surface area contributed by atoms with Crippen LogP contribution in [0.25, 0.3) is 11.4 Å². The second-order valence-electron chi connectivity index (χ2n) is 6.01. The zero-order chi connectivity index (χ0) is 18.1. The van der Waals surface area contributed by atoms with Crippen molar-refractivity contribution in [1.29, 1.82) is 0 Å². The molecular weight excluding hydrogens is 375 g/mol. The number of hydrogen-bond donors (Lipinski definition) is 1. The molecule has 0 atom stereocenters. The maximum absolute atomic E-state index is 12.2. The smallest absolute Gasteiger partial charge is 0.321 e. The summed E-state index contributed by atoms with van der Waals surface area (Å²) in [7, 11) is 0. The molecule has 1 aromatic heterocycles. The van der Waals surface area contributed by atoms with E-state index < -0.39 is 0 Å². The minimum atomic E-state index is -0.168. The van der Waals surface area contributed by atoms with Crippen LogP contribution >= 0.6 is 23.2 Å². The number of nitrogens with one attached hydrogen (secondary N) is 1. The Morgan fingerprint density at radius 2 is 1.88 bits per heavy atom. The lowest BCUT2D eigenvalue weighted by Crippen LogP contribution is -2.50. The monoisotopic (exact) mass is 388 g/mol. The van der Waals surface area contributed by atoms with Gasteiger partial charge >= 0.3 is 6.03 Å². The van der Waals surface area contributed by atoms with Crippen LogP contribution in [0, 0.1) is 0 Å². The van der Waals surface area contributed by atoms with Crippen molar-refractivity contribution in [2.45, 2.75) is 5.92 Å². The Balaban J connectivity index is 1.36. The third-order valence-electron chi connectivity index (χ3n) is 4.14. The number of likely N-dealkylation sites (tertiary alicyclic amines) is 1. The van der Waals surface area contributed by atoms with Crippen LogP contribution in [-0.2, 0) is 0 Å². The molecule has 0 spiro atoms. The maximum Gasteiger partial charge on any atom is 0.321 e. The summed E-state index contributed by atoms with van der Waals surface area (Å²) in [6.07, 6.45) is 0. The molecule has 2 aromatic carbocycles. The number of rotatable bonds is 3. The molecule has 6 nitrogen and oxygen atoms in total. The number of benzene rings is 2. The molecule has 1 saturated heterocycles. The van der Waals surface area contributed by atoms with E-state index in [0.29, 0.717) is 40.5 Å². The van der Waals surface area contributed by atoms with Crippen molar-refractivity contribution in [3.8, 4) is 11.4 Å². The van der Waals surface area contributed by atoms with Gasteiger partial charge in [-0.3, -0.25) is 0 Å². The number of urea groups is 1. The van der Waals surface area contributed by atoms with Crippen LogP contribution in [0.15, 0.2) is 53.1 Å². The lowest BCUT2D eigenvalue weighted by molar-refractivity contribution is 0.147. The number of anilines is 1. The van der Waals surface area contributed by atoms with Gasteiger partial charge in [0.25, 0.3) is 0 Å². The van der Waals surface area contributed by atoms with E-state index in [4.69, 9.17) is 27.7 Å². The molecule has 0 bridgehead atoms. The van der Waals surface area contributed by atoms with Gasteiger partial charge in [-0.2, -0.15) is 4.98 Å². The first kappa shape index (κ1) is 16.9. The molecule has 0 radical (unpaired) electrons. The predicted octanol–water partition coefficient (Wildman–Crippen LogP) is 4.67. The lowest BCUT2D eigenvalue weighted by atomic mass is 10.0. The lowest BCUT2D eigenvalue weighted by Gasteiger charge is -2.36. The SMILES string of the molecule is O=C(Nc1ccc(Cl)cc1)N1CC(c2nc(-c3cccc(Cl)c3)no2)C1. The van der Waals surface area contributed by atoms with Crippen LogP contribution in [0.5, 0.6) is 0 Å². The Labute approximate surface area is 159 Å². The molecule has 1 fully saturated rings. The van der Waals surface area contributed by atoms with Crippen molar-refractivity contribution in [3.63, 3.8) is 0 Å². The molecule has 26 heavy (non-hydrogen) atoms. The standard InChI is InChI=1S/C18H14Cl2N4O2/c19-13-4-6-15(7-5-13)21-18(25)24-9-12(10-24)17-22-16(23-26-17)11-2-1-3-14(20)8-11/h1-8,12H,9-10H2,(H,21,25). The Bertz CT molecular complexity index is 936. The Morgan fingerprint density at radius 1 is 1.12 bits per heavy atom. The van der Waals surface area contributed by atoms with Crippen LogP contribution in [0.2, 0.25) is 10.0 Å². The fourth-order valence-electron chi connectivity index (χ4n) is 2.68. The first-order valence-electron chi connectivity index (χ1n) is 7.99. The van der Waals surface area contributed by atoms with Gasteiger partial charge in [0, 0.05) is 34.4 Å². The molecule has 2 amide bonds. The molecule has 0 saturated carbocycles. The van der Waals surface area contributed by atoms with Gasteiger partial charge in [0.15, 0.2) is 0 Å². The van der Waals surface area contributed by atoms with Gasteiger partial charge < -0.3 is 14.7 Å².